The zero-order chi connectivity index (χ0) is 21.4. The molecule has 6 nitrogen and oxygen atoms in total. The standard InChI is InChI=1S/C19H22F2N2O4S2/c1-2-22(10-11-24)16(25)8-5-9-23-17(26)15(29-19(23)28)12-13-6-3-4-7-14(13)27-18(20)21/h3-4,6-7,12,18,24H,2,5,8-11H2,1H3/b15-12-. The van der Waals surface area contributed by atoms with Crippen LogP contribution in [0.4, 0.5) is 8.78 Å². The number of alkyl halides is 2. The van der Waals surface area contributed by atoms with Gasteiger partial charge < -0.3 is 14.7 Å². The van der Waals surface area contributed by atoms with Crippen molar-refractivity contribution in [3.05, 3.63) is 34.7 Å². The minimum absolute atomic E-state index is 0.0260. The van der Waals surface area contributed by atoms with E-state index in [-0.39, 0.29) is 43.7 Å². The second-order valence-electron chi connectivity index (χ2n) is 6.05. The van der Waals surface area contributed by atoms with Gasteiger partial charge in [0.25, 0.3) is 5.91 Å². The second-order valence-corrected chi connectivity index (χ2v) is 7.73. The quantitative estimate of drug-likeness (QED) is 0.442. The van der Waals surface area contributed by atoms with Crippen molar-refractivity contribution in [3.63, 3.8) is 0 Å². The Hall–Kier alpha value is -2.04. The van der Waals surface area contributed by atoms with Crippen molar-refractivity contribution in [3.8, 4) is 5.75 Å². The van der Waals surface area contributed by atoms with Crippen LogP contribution in [0.3, 0.4) is 0 Å². The largest absolute Gasteiger partial charge is 0.434 e. The molecule has 0 aliphatic carbocycles. The summed E-state index contributed by atoms with van der Waals surface area (Å²) in [6.45, 7) is -0.182. The molecule has 29 heavy (non-hydrogen) atoms. The van der Waals surface area contributed by atoms with E-state index in [2.05, 4.69) is 4.74 Å². The summed E-state index contributed by atoms with van der Waals surface area (Å²) in [6.07, 6.45) is 2.13. The molecule has 0 unspecified atom stereocenters. The van der Waals surface area contributed by atoms with Crippen LogP contribution in [0.1, 0.15) is 25.3 Å². The Balaban J connectivity index is 2.01. The maximum absolute atomic E-state index is 12.7. The second kappa shape index (κ2) is 11.2. The predicted molar refractivity (Wildman–Crippen MR) is 112 cm³/mol. The Morgan fingerprint density at radius 3 is 2.79 bits per heavy atom. The fourth-order valence-electron chi connectivity index (χ4n) is 2.76. The minimum atomic E-state index is -2.97. The van der Waals surface area contributed by atoms with Gasteiger partial charge in [0.05, 0.1) is 11.5 Å². The maximum Gasteiger partial charge on any atom is 0.387 e. The lowest BCUT2D eigenvalue weighted by Crippen LogP contribution is -2.34. The summed E-state index contributed by atoms with van der Waals surface area (Å²) in [6, 6.07) is 6.19. The fraction of sp³-hybridized carbons (Fsp3) is 0.421. The molecule has 0 atom stereocenters. The van der Waals surface area contributed by atoms with Gasteiger partial charge in [-0.05, 0) is 25.5 Å². The first kappa shape index (κ1) is 23.2. The molecule has 10 heteroatoms. The summed E-state index contributed by atoms with van der Waals surface area (Å²) in [5, 5.41) is 8.98. The van der Waals surface area contributed by atoms with E-state index >= 15 is 0 Å². The van der Waals surface area contributed by atoms with Gasteiger partial charge in [-0.25, -0.2) is 0 Å². The van der Waals surface area contributed by atoms with Crippen LogP contribution < -0.4 is 4.74 Å². The molecule has 0 spiro atoms. The highest BCUT2D eigenvalue weighted by Crippen LogP contribution is 2.34. The summed E-state index contributed by atoms with van der Waals surface area (Å²) in [5.74, 6) is -0.454. The van der Waals surface area contributed by atoms with Crippen molar-refractivity contribution >= 4 is 46.2 Å². The lowest BCUT2D eigenvalue weighted by Gasteiger charge is -2.20. The van der Waals surface area contributed by atoms with Crippen LogP contribution in [0.25, 0.3) is 6.08 Å². The Morgan fingerprint density at radius 2 is 2.14 bits per heavy atom. The minimum Gasteiger partial charge on any atom is -0.434 e. The molecule has 2 amide bonds. The molecule has 1 fully saturated rings. The van der Waals surface area contributed by atoms with Crippen molar-refractivity contribution in [2.45, 2.75) is 26.4 Å². The molecule has 0 bridgehead atoms. The number of benzene rings is 1. The number of hydrogen-bond acceptors (Lipinski definition) is 6. The third-order valence-electron chi connectivity index (χ3n) is 4.17. The van der Waals surface area contributed by atoms with Crippen LogP contribution in [0.5, 0.6) is 5.75 Å². The van der Waals surface area contributed by atoms with Crippen molar-refractivity contribution in [1.82, 2.24) is 9.80 Å². The number of aliphatic hydroxyl groups is 1. The van der Waals surface area contributed by atoms with E-state index in [0.29, 0.717) is 27.8 Å². The van der Waals surface area contributed by atoms with Crippen molar-refractivity contribution in [1.29, 1.82) is 0 Å². The molecule has 1 aliphatic rings. The van der Waals surface area contributed by atoms with Gasteiger partial charge in [0, 0.05) is 31.6 Å². The van der Waals surface area contributed by atoms with Crippen LogP contribution in [0, 0.1) is 0 Å². The summed E-state index contributed by atoms with van der Waals surface area (Å²) in [5.41, 5.74) is 0.353. The monoisotopic (exact) mass is 444 g/mol. The molecule has 1 saturated heterocycles. The predicted octanol–water partition coefficient (Wildman–Crippen LogP) is 3.11. The number of carbonyl (C=O) groups is 2. The number of ether oxygens (including phenoxy) is 1. The van der Waals surface area contributed by atoms with E-state index in [4.69, 9.17) is 17.3 Å². The van der Waals surface area contributed by atoms with Gasteiger partial charge in [-0.2, -0.15) is 8.78 Å². The summed E-state index contributed by atoms with van der Waals surface area (Å²) >= 11 is 6.34. The van der Waals surface area contributed by atoms with Crippen LogP contribution in [-0.2, 0) is 9.59 Å². The number of aliphatic hydroxyl groups excluding tert-OH is 1. The van der Waals surface area contributed by atoms with E-state index in [1.165, 1.54) is 17.0 Å². The number of nitrogens with zero attached hydrogens (tertiary/aromatic N) is 2. The highest BCUT2D eigenvalue weighted by atomic mass is 32.2. The van der Waals surface area contributed by atoms with E-state index in [1.54, 1.807) is 23.1 Å². The molecule has 2 rings (SSSR count). The van der Waals surface area contributed by atoms with E-state index in [0.717, 1.165) is 11.8 Å². The zero-order valence-electron chi connectivity index (χ0n) is 15.8. The van der Waals surface area contributed by atoms with Gasteiger partial charge >= 0.3 is 6.61 Å². The number of halogens is 2. The summed E-state index contributed by atoms with van der Waals surface area (Å²) in [7, 11) is 0. The third kappa shape index (κ3) is 6.48. The first-order valence-electron chi connectivity index (χ1n) is 9.05. The average molecular weight is 445 g/mol. The van der Waals surface area contributed by atoms with Gasteiger partial charge in [0.2, 0.25) is 5.91 Å². The number of hydrogen-bond donors (Lipinski definition) is 1. The van der Waals surface area contributed by atoms with Gasteiger partial charge in [0.15, 0.2) is 0 Å². The van der Waals surface area contributed by atoms with E-state index in [1.807, 2.05) is 6.92 Å². The maximum atomic E-state index is 12.7. The number of carbonyl (C=O) groups excluding carboxylic acids is 2. The molecule has 1 aliphatic heterocycles. The number of rotatable bonds is 10. The van der Waals surface area contributed by atoms with Crippen molar-refractivity contribution < 1.29 is 28.2 Å². The fourth-order valence-corrected chi connectivity index (χ4v) is 4.06. The van der Waals surface area contributed by atoms with Crippen LogP contribution in [0.2, 0.25) is 0 Å². The van der Waals surface area contributed by atoms with Crippen molar-refractivity contribution in [2.24, 2.45) is 0 Å². The normalized spacial score (nSPS) is 15.5. The zero-order valence-corrected chi connectivity index (χ0v) is 17.5. The first-order chi connectivity index (χ1) is 13.9. The Labute approximate surface area is 177 Å². The van der Waals surface area contributed by atoms with Gasteiger partial charge in [-0.15, -0.1) is 0 Å². The highest BCUT2D eigenvalue weighted by molar-refractivity contribution is 8.26. The molecular weight excluding hydrogens is 422 g/mol. The topological polar surface area (TPSA) is 70.1 Å². The molecule has 0 aromatic heterocycles. The number of thioether (sulfide) groups is 1. The molecule has 1 aromatic rings. The lowest BCUT2D eigenvalue weighted by atomic mass is 10.2. The lowest BCUT2D eigenvalue weighted by molar-refractivity contribution is -0.132. The van der Waals surface area contributed by atoms with Gasteiger partial charge in [-0.1, -0.05) is 42.2 Å². The third-order valence-corrected chi connectivity index (χ3v) is 5.55. The van der Waals surface area contributed by atoms with Gasteiger partial charge in [0.1, 0.15) is 10.1 Å². The number of para-hydroxylation sites is 1. The highest BCUT2D eigenvalue weighted by Gasteiger charge is 2.32. The molecular formula is C19H22F2N2O4S2. The molecule has 0 radical (unpaired) electrons. The molecule has 1 aromatic carbocycles. The Morgan fingerprint density at radius 1 is 1.41 bits per heavy atom. The van der Waals surface area contributed by atoms with Crippen LogP contribution >= 0.6 is 24.0 Å². The summed E-state index contributed by atoms with van der Waals surface area (Å²) in [4.78, 5) is 28.0. The Bertz CT molecular complexity index is 789. The number of thiocarbonyl (C=S) groups is 1. The molecule has 1 N–H and O–H groups in total. The molecule has 1 heterocycles. The first-order valence-corrected chi connectivity index (χ1v) is 10.3. The van der Waals surface area contributed by atoms with Crippen LogP contribution in [0.15, 0.2) is 29.2 Å². The molecule has 158 valence electrons. The van der Waals surface area contributed by atoms with Crippen molar-refractivity contribution in [2.75, 3.05) is 26.2 Å². The smallest absolute Gasteiger partial charge is 0.387 e. The average Bonchev–Trinajstić information content (AvgIpc) is 2.94. The number of likely N-dealkylation sites (N-methyl/N-ethyl adjacent to an activating group) is 1. The van der Waals surface area contributed by atoms with E-state index in [9.17, 15) is 18.4 Å². The van der Waals surface area contributed by atoms with Gasteiger partial charge in [-0.3, -0.25) is 14.5 Å². The summed E-state index contributed by atoms with van der Waals surface area (Å²) < 4.78 is 30.0. The van der Waals surface area contributed by atoms with Crippen LogP contribution in [-0.4, -0.2) is 63.9 Å². The Kier molecular flexibility index (Phi) is 8.99. The van der Waals surface area contributed by atoms with E-state index < -0.39 is 6.61 Å². The number of amides is 2. The molecule has 0 saturated carbocycles. The SMILES string of the molecule is CCN(CCO)C(=O)CCCN1C(=O)/C(=C/c2ccccc2OC(F)F)SC1=S.